The van der Waals surface area contributed by atoms with Gasteiger partial charge >= 0.3 is 0 Å². The summed E-state index contributed by atoms with van der Waals surface area (Å²) in [4.78, 5) is 0. The number of hydrogen-bond acceptors (Lipinski definition) is 2. The number of hydrazine groups is 1. The Morgan fingerprint density at radius 1 is 1.22 bits per heavy atom. The minimum absolute atomic E-state index is 0.358. The van der Waals surface area contributed by atoms with Crippen molar-refractivity contribution < 1.29 is 0 Å². The summed E-state index contributed by atoms with van der Waals surface area (Å²) < 4.78 is 0. The Labute approximate surface area is 113 Å². The highest BCUT2D eigenvalue weighted by Gasteiger charge is 2.24. The van der Waals surface area contributed by atoms with Crippen LogP contribution in [0.15, 0.2) is 11.6 Å². The summed E-state index contributed by atoms with van der Waals surface area (Å²) in [6, 6.07) is 0.373. The lowest BCUT2D eigenvalue weighted by Crippen LogP contribution is -2.39. The van der Waals surface area contributed by atoms with Crippen LogP contribution in [0.1, 0.15) is 72.6 Å². The van der Waals surface area contributed by atoms with E-state index >= 15 is 0 Å². The molecule has 0 fully saturated rings. The van der Waals surface area contributed by atoms with E-state index in [0.29, 0.717) is 17.4 Å². The third kappa shape index (κ3) is 5.11. The normalized spacial score (nSPS) is 21.7. The molecule has 0 saturated heterocycles. The van der Waals surface area contributed by atoms with E-state index in [0.717, 1.165) is 6.42 Å². The summed E-state index contributed by atoms with van der Waals surface area (Å²) in [6.45, 7) is 9.29. The van der Waals surface area contributed by atoms with E-state index in [9.17, 15) is 0 Å². The SMILES string of the molecule is CC(CC(NN)C1=CCCCCCC1)C(C)(C)C. The van der Waals surface area contributed by atoms with Gasteiger partial charge in [-0.05, 0) is 43.4 Å². The zero-order chi connectivity index (χ0) is 13.6. The van der Waals surface area contributed by atoms with Crippen molar-refractivity contribution in [3.05, 3.63) is 11.6 Å². The minimum atomic E-state index is 0.358. The molecule has 0 heterocycles. The Morgan fingerprint density at radius 2 is 1.89 bits per heavy atom. The maximum Gasteiger partial charge on any atom is 0.0422 e. The van der Waals surface area contributed by atoms with Crippen molar-refractivity contribution in [1.29, 1.82) is 0 Å². The van der Waals surface area contributed by atoms with Crippen molar-refractivity contribution in [3.8, 4) is 0 Å². The molecule has 1 rings (SSSR count). The summed E-state index contributed by atoms with van der Waals surface area (Å²) in [5.74, 6) is 6.47. The number of rotatable bonds is 4. The molecule has 0 saturated carbocycles. The van der Waals surface area contributed by atoms with Crippen LogP contribution in [0.2, 0.25) is 0 Å². The van der Waals surface area contributed by atoms with Gasteiger partial charge in [0, 0.05) is 6.04 Å². The van der Waals surface area contributed by atoms with E-state index in [2.05, 4.69) is 39.2 Å². The van der Waals surface area contributed by atoms with Crippen molar-refractivity contribution in [2.75, 3.05) is 0 Å². The minimum Gasteiger partial charge on any atom is -0.271 e. The van der Waals surface area contributed by atoms with Crippen LogP contribution in [0.5, 0.6) is 0 Å². The van der Waals surface area contributed by atoms with E-state index in [1.54, 1.807) is 5.57 Å². The third-order valence-corrected chi connectivity index (χ3v) is 4.54. The number of allylic oxidation sites excluding steroid dienone is 1. The Morgan fingerprint density at radius 3 is 2.50 bits per heavy atom. The molecular formula is C16H32N2. The molecule has 1 aliphatic carbocycles. The maximum atomic E-state index is 5.79. The molecule has 0 aliphatic heterocycles. The molecule has 1 aliphatic rings. The molecular weight excluding hydrogens is 220 g/mol. The van der Waals surface area contributed by atoms with E-state index in [-0.39, 0.29) is 0 Å². The third-order valence-electron chi connectivity index (χ3n) is 4.54. The van der Waals surface area contributed by atoms with Gasteiger partial charge in [-0.15, -0.1) is 0 Å². The van der Waals surface area contributed by atoms with Crippen LogP contribution in [-0.2, 0) is 0 Å². The highest BCUT2D eigenvalue weighted by atomic mass is 15.2. The second-order valence-electron chi connectivity index (χ2n) is 6.95. The zero-order valence-corrected chi connectivity index (χ0v) is 12.8. The average molecular weight is 252 g/mol. The highest BCUT2D eigenvalue weighted by molar-refractivity contribution is 5.11. The van der Waals surface area contributed by atoms with Gasteiger partial charge in [-0.25, -0.2) is 0 Å². The molecule has 3 N–H and O–H groups in total. The molecule has 0 aromatic rings. The van der Waals surface area contributed by atoms with Crippen LogP contribution in [0, 0.1) is 11.3 Å². The Hall–Kier alpha value is -0.340. The molecule has 2 atom stereocenters. The summed E-state index contributed by atoms with van der Waals surface area (Å²) >= 11 is 0. The summed E-state index contributed by atoms with van der Waals surface area (Å²) in [6.07, 6.45) is 11.5. The summed E-state index contributed by atoms with van der Waals surface area (Å²) in [5.41, 5.74) is 4.96. The predicted octanol–water partition coefficient (Wildman–Crippen LogP) is 4.17. The lowest BCUT2D eigenvalue weighted by atomic mass is 9.77. The quantitative estimate of drug-likeness (QED) is 0.448. The lowest BCUT2D eigenvalue weighted by molar-refractivity contribution is 0.229. The number of nitrogens with two attached hydrogens (primary N) is 1. The molecule has 0 bridgehead atoms. The van der Waals surface area contributed by atoms with Gasteiger partial charge in [0.25, 0.3) is 0 Å². The van der Waals surface area contributed by atoms with Crippen LogP contribution in [0.3, 0.4) is 0 Å². The van der Waals surface area contributed by atoms with Crippen molar-refractivity contribution in [2.45, 2.75) is 78.7 Å². The van der Waals surface area contributed by atoms with Crippen LogP contribution in [-0.4, -0.2) is 6.04 Å². The largest absolute Gasteiger partial charge is 0.271 e. The first-order valence-electron chi connectivity index (χ1n) is 7.60. The maximum absolute atomic E-state index is 5.79. The van der Waals surface area contributed by atoms with Crippen LogP contribution >= 0.6 is 0 Å². The van der Waals surface area contributed by atoms with E-state index in [1.165, 1.54) is 38.5 Å². The fraction of sp³-hybridized carbons (Fsp3) is 0.875. The van der Waals surface area contributed by atoms with E-state index < -0.39 is 0 Å². The molecule has 0 aromatic carbocycles. The summed E-state index contributed by atoms with van der Waals surface area (Å²) in [7, 11) is 0. The van der Waals surface area contributed by atoms with Gasteiger partial charge in [-0.3, -0.25) is 11.3 Å². The second kappa shape index (κ2) is 7.30. The zero-order valence-electron chi connectivity index (χ0n) is 12.8. The fourth-order valence-electron chi connectivity index (χ4n) is 2.57. The Bertz CT molecular complexity index is 263. The first kappa shape index (κ1) is 15.7. The molecule has 0 spiro atoms. The van der Waals surface area contributed by atoms with Gasteiger partial charge in [0.1, 0.15) is 0 Å². The first-order valence-corrected chi connectivity index (χ1v) is 7.60. The molecule has 0 radical (unpaired) electrons. The Kier molecular flexibility index (Phi) is 6.37. The van der Waals surface area contributed by atoms with Crippen LogP contribution in [0.4, 0.5) is 0 Å². The van der Waals surface area contributed by atoms with Gasteiger partial charge in [-0.2, -0.15) is 0 Å². The molecule has 0 amide bonds. The molecule has 18 heavy (non-hydrogen) atoms. The van der Waals surface area contributed by atoms with Gasteiger partial charge in [0.2, 0.25) is 0 Å². The molecule has 2 unspecified atom stereocenters. The van der Waals surface area contributed by atoms with Gasteiger partial charge in [0.15, 0.2) is 0 Å². The molecule has 0 aromatic heterocycles. The van der Waals surface area contributed by atoms with Crippen LogP contribution < -0.4 is 11.3 Å². The van der Waals surface area contributed by atoms with Gasteiger partial charge in [0.05, 0.1) is 0 Å². The van der Waals surface area contributed by atoms with Crippen LogP contribution in [0.25, 0.3) is 0 Å². The molecule has 2 heteroatoms. The number of nitrogens with one attached hydrogen (secondary N) is 1. The van der Waals surface area contributed by atoms with E-state index in [1.807, 2.05) is 0 Å². The number of hydrogen-bond donors (Lipinski definition) is 2. The molecule has 106 valence electrons. The fourth-order valence-corrected chi connectivity index (χ4v) is 2.57. The van der Waals surface area contributed by atoms with Crippen molar-refractivity contribution in [1.82, 2.24) is 5.43 Å². The first-order chi connectivity index (χ1) is 8.45. The predicted molar refractivity (Wildman–Crippen MR) is 80.1 cm³/mol. The van der Waals surface area contributed by atoms with E-state index in [4.69, 9.17) is 5.84 Å². The molecule has 2 nitrogen and oxygen atoms in total. The van der Waals surface area contributed by atoms with Crippen molar-refractivity contribution >= 4 is 0 Å². The van der Waals surface area contributed by atoms with Gasteiger partial charge < -0.3 is 0 Å². The topological polar surface area (TPSA) is 38.0 Å². The van der Waals surface area contributed by atoms with Gasteiger partial charge in [-0.1, -0.05) is 52.2 Å². The Balaban J connectivity index is 2.63. The second-order valence-corrected chi connectivity index (χ2v) is 6.95. The highest BCUT2D eigenvalue weighted by Crippen LogP contribution is 2.31. The average Bonchev–Trinajstić information content (AvgIpc) is 2.24. The standard InChI is InChI=1S/C16H32N2/c1-13(16(2,3)4)12-15(18-17)14-10-8-6-5-7-9-11-14/h10,13,15,18H,5-9,11-12,17H2,1-4H3. The van der Waals surface area contributed by atoms with Crippen molar-refractivity contribution in [2.24, 2.45) is 17.2 Å². The monoisotopic (exact) mass is 252 g/mol. The smallest absolute Gasteiger partial charge is 0.0422 e. The lowest BCUT2D eigenvalue weighted by Gasteiger charge is -2.32. The van der Waals surface area contributed by atoms with Crippen molar-refractivity contribution in [3.63, 3.8) is 0 Å². The summed E-state index contributed by atoms with van der Waals surface area (Å²) in [5, 5.41) is 0.